The third kappa shape index (κ3) is 11.4. The molecule has 0 spiro atoms. The van der Waals surface area contributed by atoms with Gasteiger partial charge in [-0.2, -0.15) is 0 Å². The van der Waals surface area contributed by atoms with Gasteiger partial charge in [0, 0.05) is 18.7 Å². The number of hydrogen-bond donors (Lipinski definition) is 2. The highest BCUT2D eigenvalue weighted by Gasteiger charge is 2.14. The Kier molecular flexibility index (Phi) is 12.4. The second-order valence-electron chi connectivity index (χ2n) is 7.53. The smallest absolute Gasteiger partial charge is 0.446 e. The molecule has 1 aromatic carbocycles. The summed E-state index contributed by atoms with van der Waals surface area (Å²) in [7, 11) is 0. The fourth-order valence-corrected chi connectivity index (χ4v) is 3.09. The normalized spacial score (nSPS) is 16.6. The van der Waals surface area contributed by atoms with E-state index in [1.54, 1.807) is 12.1 Å². The van der Waals surface area contributed by atoms with Crippen LogP contribution in [0.2, 0.25) is 0 Å². The van der Waals surface area contributed by atoms with Crippen molar-refractivity contribution in [1.29, 1.82) is 0 Å². The first-order chi connectivity index (χ1) is 16.1. The fraction of sp³-hybridized carbons (Fsp3) is 0.542. The molecule has 0 saturated carbocycles. The number of rotatable bonds is 11. The maximum atomic E-state index is 11.9. The number of amides is 2. The van der Waals surface area contributed by atoms with Crippen molar-refractivity contribution in [3.05, 3.63) is 42.0 Å². The van der Waals surface area contributed by atoms with Crippen LogP contribution < -0.4 is 15.4 Å². The quantitative estimate of drug-likeness (QED) is 0.221. The van der Waals surface area contributed by atoms with Crippen molar-refractivity contribution in [3.8, 4) is 5.75 Å². The summed E-state index contributed by atoms with van der Waals surface area (Å²) in [6.45, 7) is 3.31. The number of allylic oxidation sites excluding steroid dienone is 2. The summed E-state index contributed by atoms with van der Waals surface area (Å²) in [5, 5.41) is 5.43. The van der Waals surface area contributed by atoms with Crippen LogP contribution >= 0.6 is 0 Å². The lowest BCUT2D eigenvalue weighted by molar-refractivity contribution is 0.0509. The van der Waals surface area contributed by atoms with E-state index >= 15 is 0 Å². The van der Waals surface area contributed by atoms with Gasteiger partial charge in [-0.15, -0.1) is 0 Å². The predicted molar refractivity (Wildman–Crippen MR) is 122 cm³/mol. The first kappa shape index (κ1) is 26.2. The zero-order valence-electron chi connectivity index (χ0n) is 19.2. The zero-order chi connectivity index (χ0) is 23.7. The van der Waals surface area contributed by atoms with E-state index in [1.165, 1.54) is 12.1 Å². The number of ether oxygens (including phenoxy) is 4. The van der Waals surface area contributed by atoms with Crippen molar-refractivity contribution in [2.24, 2.45) is 0 Å². The van der Waals surface area contributed by atoms with Crippen LogP contribution in [-0.2, 0) is 14.2 Å². The molecule has 33 heavy (non-hydrogen) atoms. The van der Waals surface area contributed by atoms with E-state index in [4.69, 9.17) is 18.9 Å². The van der Waals surface area contributed by atoms with Crippen molar-refractivity contribution < 1.29 is 33.3 Å². The SMILES string of the molecule is CCCNC(=O)c1ccc(OC(=O)OCCOCCNC(=O)OC2CC/C=C\CCC2)cc1. The predicted octanol–water partition coefficient (Wildman–Crippen LogP) is 3.97. The average molecular weight is 463 g/mol. The lowest BCUT2D eigenvalue weighted by Gasteiger charge is -2.18. The molecule has 2 N–H and O–H groups in total. The summed E-state index contributed by atoms with van der Waals surface area (Å²) < 4.78 is 20.8. The van der Waals surface area contributed by atoms with E-state index in [9.17, 15) is 14.4 Å². The van der Waals surface area contributed by atoms with Gasteiger partial charge in [0.2, 0.25) is 0 Å². The molecule has 2 rings (SSSR count). The van der Waals surface area contributed by atoms with Crippen molar-refractivity contribution in [1.82, 2.24) is 10.6 Å². The van der Waals surface area contributed by atoms with E-state index in [0.717, 1.165) is 38.5 Å². The van der Waals surface area contributed by atoms with Crippen LogP contribution in [0.5, 0.6) is 5.75 Å². The molecule has 9 nitrogen and oxygen atoms in total. The Morgan fingerprint density at radius 2 is 1.73 bits per heavy atom. The molecule has 0 radical (unpaired) electrons. The van der Waals surface area contributed by atoms with Crippen LogP contribution in [0.4, 0.5) is 9.59 Å². The third-order valence-electron chi connectivity index (χ3n) is 4.81. The molecule has 182 valence electrons. The molecular weight excluding hydrogens is 428 g/mol. The van der Waals surface area contributed by atoms with Crippen LogP contribution in [0, 0.1) is 0 Å². The standard InChI is InChI=1S/C24H34N2O7/c1-2-14-25-22(27)19-10-12-21(13-11-19)33-24(29)31-18-17-30-16-15-26-23(28)32-20-8-6-4-3-5-7-9-20/h3-4,10-13,20H,2,5-9,14-18H2,1H3,(H,25,27)(H,26,28)/b4-3-. The summed E-state index contributed by atoms with van der Waals surface area (Å²) in [6.07, 6.45) is 8.47. The molecule has 0 bridgehead atoms. The molecular formula is C24H34N2O7. The number of carbonyl (C=O) groups is 3. The van der Waals surface area contributed by atoms with Gasteiger partial charge in [-0.3, -0.25) is 4.79 Å². The Labute approximate surface area is 194 Å². The Morgan fingerprint density at radius 3 is 2.52 bits per heavy atom. The van der Waals surface area contributed by atoms with Gasteiger partial charge in [-0.05, 0) is 62.8 Å². The number of nitrogens with one attached hydrogen (secondary N) is 2. The average Bonchev–Trinajstić information content (AvgIpc) is 2.79. The lowest BCUT2D eigenvalue weighted by atomic mass is 10.0. The Balaban J connectivity index is 1.50. The fourth-order valence-electron chi connectivity index (χ4n) is 3.09. The summed E-state index contributed by atoms with van der Waals surface area (Å²) >= 11 is 0. The molecule has 9 heteroatoms. The van der Waals surface area contributed by atoms with Crippen molar-refractivity contribution in [2.45, 2.75) is 51.6 Å². The minimum absolute atomic E-state index is 0.0103. The zero-order valence-corrected chi connectivity index (χ0v) is 19.2. The molecule has 1 aliphatic carbocycles. The van der Waals surface area contributed by atoms with Crippen LogP contribution in [-0.4, -0.2) is 57.2 Å². The van der Waals surface area contributed by atoms with Gasteiger partial charge >= 0.3 is 12.2 Å². The van der Waals surface area contributed by atoms with Gasteiger partial charge in [-0.25, -0.2) is 9.59 Å². The summed E-state index contributed by atoms with van der Waals surface area (Å²) in [4.78, 5) is 35.4. The van der Waals surface area contributed by atoms with Gasteiger partial charge in [0.05, 0.1) is 13.2 Å². The Morgan fingerprint density at radius 1 is 0.939 bits per heavy atom. The van der Waals surface area contributed by atoms with Crippen molar-refractivity contribution in [3.63, 3.8) is 0 Å². The van der Waals surface area contributed by atoms with Gasteiger partial charge < -0.3 is 29.6 Å². The number of carbonyl (C=O) groups excluding carboxylic acids is 3. The molecule has 2 amide bonds. The Bertz CT molecular complexity index is 765. The van der Waals surface area contributed by atoms with E-state index in [1.807, 2.05) is 6.92 Å². The summed E-state index contributed by atoms with van der Waals surface area (Å²) in [5.41, 5.74) is 0.483. The maximum absolute atomic E-state index is 11.9. The van der Waals surface area contributed by atoms with Gasteiger partial charge in [0.25, 0.3) is 5.91 Å². The van der Waals surface area contributed by atoms with E-state index in [2.05, 4.69) is 22.8 Å². The van der Waals surface area contributed by atoms with Crippen LogP contribution in [0.1, 0.15) is 55.8 Å². The minimum Gasteiger partial charge on any atom is -0.446 e. The molecule has 1 unspecified atom stereocenters. The van der Waals surface area contributed by atoms with Gasteiger partial charge in [-0.1, -0.05) is 19.1 Å². The number of alkyl carbamates (subject to hydrolysis) is 1. The Hall–Kier alpha value is -3.07. The molecule has 0 fully saturated rings. The molecule has 1 aliphatic rings. The maximum Gasteiger partial charge on any atom is 0.513 e. The van der Waals surface area contributed by atoms with Crippen LogP contribution in [0.3, 0.4) is 0 Å². The third-order valence-corrected chi connectivity index (χ3v) is 4.81. The highest BCUT2D eigenvalue weighted by atomic mass is 16.7. The molecule has 0 aliphatic heterocycles. The van der Waals surface area contributed by atoms with Gasteiger partial charge in [0.15, 0.2) is 0 Å². The van der Waals surface area contributed by atoms with Crippen LogP contribution in [0.15, 0.2) is 36.4 Å². The summed E-state index contributed by atoms with van der Waals surface area (Å²) in [5.74, 6) is 0.0964. The number of hydrogen-bond acceptors (Lipinski definition) is 7. The first-order valence-corrected chi connectivity index (χ1v) is 11.5. The lowest BCUT2D eigenvalue weighted by Crippen LogP contribution is -2.32. The molecule has 1 atom stereocenters. The minimum atomic E-state index is -0.863. The van der Waals surface area contributed by atoms with E-state index < -0.39 is 12.2 Å². The van der Waals surface area contributed by atoms with Crippen molar-refractivity contribution >= 4 is 18.2 Å². The topological polar surface area (TPSA) is 112 Å². The molecule has 0 heterocycles. The summed E-state index contributed by atoms with van der Waals surface area (Å²) in [6, 6.07) is 6.19. The van der Waals surface area contributed by atoms with E-state index in [-0.39, 0.29) is 37.6 Å². The second kappa shape index (κ2) is 15.7. The van der Waals surface area contributed by atoms with E-state index in [0.29, 0.717) is 18.7 Å². The van der Waals surface area contributed by atoms with Crippen molar-refractivity contribution in [2.75, 3.05) is 32.9 Å². The molecule has 0 aromatic heterocycles. The van der Waals surface area contributed by atoms with Gasteiger partial charge in [0.1, 0.15) is 18.5 Å². The molecule has 1 aromatic rings. The second-order valence-corrected chi connectivity index (χ2v) is 7.53. The highest BCUT2D eigenvalue weighted by molar-refractivity contribution is 5.94. The largest absolute Gasteiger partial charge is 0.513 e. The number of benzene rings is 1. The monoisotopic (exact) mass is 462 g/mol. The highest BCUT2D eigenvalue weighted by Crippen LogP contribution is 2.15. The van der Waals surface area contributed by atoms with Crippen LogP contribution in [0.25, 0.3) is 0 Å². The first-order valence-electron chi connectivity index (χ1n) is 11.5. The molecule has 0 saturated heterocycles.